The van der Waals surface area contributed by atoms with Gasteiger partial charge in [0.2, 0.25) is 0 Å². The van der Waals surface area contributed by atoms with Crippen molar-refractivity contribution in [3.05, 3.63) is 0 Å². The molecule has 0 spiro atoms. The first kappa shape index (κ1) is 18.6. The first-order valence-corrected chi connectivity index (χ1v) is 7.06. The van der Waals surface area contributed by atoms with Crippen LogP contribution in [0.5, 0.6) is 0 Å². The van der Waals surface area contributed by atoms with Crippen LogP contribution in [0.1, 0.15) is 41.5 Å². The number of carbonyl (C=O) groups is 2. The van der Waals surface area contributed by atoms with Gasteiger partial charge >= 0.3 is 11.9 Å². The number of esters is 2. The van der Waals surface area contributed by atoms with E-state index in [1.807, 2.05) is 20.8 Å². The van der Waals surface area contributed by atoms with Crippen LogP contribution in [0.25, 0.3) is 0 Å². The normalized spacial score (nSPS) is 11.8. The maximum atomic E-state index is 11.0. The Kier molecular flexibility index (Phi) is 9.27. The van der Waals surface area contributed by atoms with Gasteiger partial charge in [0, 0.05) is 5.75 Å². The molecular weight excluding hydrogens is 288 g/mol. The zero-order valence-corrected chi connectivity index (χ0v) is 14.1. The summed E-state index contributed by atoms with van der Waals surface area (Å²) in [6.07, 6.45) is 0. The monoisotopic (exact) mass is 314 g/mol. The third kappa shape index (κ3) is 12.4. The van der Waals surface area contributed by atoms with Crippen LogP contribution in [-0.4, -0.2) is 31.5 Å². The molecule has 0 heterocycles. The summed E-state index contributed by atoms with van der Waals surface area (Å²) >= 11 is 6.09. The van der Waals surface area contributed by atoms with Gasteiger partial charge in [-0.2, -0.15) is 12.5 Å². The van der Waals surface area contributed by atoms with Crippen LogP contribution >= 0.6 is 24.1 Å². The summed E-state index contributed by atoms with van der Waals surface area (Å²) < 4.78 is 16.1. The number of hydrogen-bond donors (Lipinski definition) is 1. The van der Waals surface area contributed by atoms with Crippen molar-refractivity contribution in [1.82, 2.24) is 0 Å². The number of alkyl halides is 1. The van der Waals surface area contributed by atoms with Crippen LogP contribution in [0.3, 0.4) is 0 Å². The molecule has 114 valence electrons. The molecule has 0 unspecified atom stereocenters. The molecule has 0 aliphatic rings. The molecule has 0 fully saturated rings. The van der Waals surface area contributed by atoms with Gasteiger partial charge in [-0.25, -0.2) is 0 Å². The largest absolute Gasteiger partial charge is 0.464 e. The van der Waals surface area contributed by atoms with E-state index in [9.17, 15) is 9.59 Å². The van der Waals surface area contributed by atoms with Crippen molar-refractivity contribution in [3.63, 3.8) is 0 Å². The van der Waals surface area contributed by atoms with Crippen molar-refractivity contribution in [2.75, 3.05) is 18.4 Å². The molecular formula is C13H25ClO4S. The summed E-state index contributed by atoms with van der Waals surface area (Å²) in [6.45, 7) is 11.1. The van der Waals surface area contributed by atoms with Gasteiger partial charge in [0.1, 0.15) is 7.73 Å². The van der Waals surface area contributed by atoms with Crippen LogP contribution in [0.2, 0.25) is 0 Å². The van der Waals surface area contributed by atoms with Crippen LogP contribution < -0.4 is 0 Å². The highest BCUT2D eigenvalue weighted by Gasteiger charge is 2.22. The van der Waals surface area contributed by atoms with Crippen LogP contribution in [0, 0.1) is 10.8 Å². The second kappa shape index (κ2) is 9.48. The van der Waals surface area contributed by atoms with Crippen molar-refractivity contribution in [1.29, 1.82) is 1.12 Å². The van der Waals surface area contributed by atoms with Gasteiger partial charge in [0.15, 0.2) is 6.07 Å². The molecule has 0 radical (unpaired) electrons. The molecule has 19 heavy (non-hydrogen) atoms. The van der Waals surface area contributed by atoms with E-state index in [0.29, 0.717) is 12.4 Å². The van der Waals surface area contributed by atoms with Crippen LogP contribution in [0.4, 0.5) is 0 Å². The highest BCUT2D eigenvalue weighted by Crippen LogP contribution is 2.15. The minimum atomic E-state index is -0.436. The highest BCUT2D eigenvalue weighted by molar-refractivity contribution is 7.80. The maximum absolute atomic E-state index is 11.0. The van der Waals surface area contributed by atoms with E-state index in [-0.39, 0.29) is 18.0 Å². The Hall–Kier alpha value is -0.420. The van der Waals surface area contributed by atoms with Crippen molar-refractivity contribution in [2.24, 2.45) is 10.8 Å². The molecule has 0 rings (SSSR count). The van der Waals surface area contributed by atoms with Crippen molar-refractivity contribution in [2.45, 2.75) is 41.5 Å². The molecule has 0 saturated heterocycles. The van der Waals surface area contributed by atoms with Crippen molar-refractivity contribution >= 4 is 36.1 Å². The second-order valence-electron chi connectivity index (χ2n) is 5.88. The van der Waals surface area contributed by atoms with E-state index in [2.05, 4.69) is 4.74 Å². The molecule has 0 atom stereocenters. The van der Waals surface area contributed by atoms with Crippen molar-refractivity contribution < 1.29 is 19.1 Å². The molecule has 6 heteroatoms. The average Bonchev–Trinajstić information content (AvgIpc) is 2.28. The number of carbonyl (C=O) groups excluding carboxylic acids is 2. The van der Waals surface area contributed by atoms with Gasteiger partial charge in [-0.05, 0) is 41.5 Å². The van der Waals surface area contributed by atoms with Crippen LogP contribution in [-0.2, 0) is 19.1 Å². The molecule has 0 aromatic heterocycles. The highest BCUT2D eigenvalue weighted by atomic mass is 35.5. The Morgan fingerprint density at radius 3 is 1.74 bits per heavy atom. The molecule has 0 amide bonds. The van der Waals surface area contributed by atoms with Crippen LogP contribution in [0.15, 0.2) is 0 Å². The Morgan fingerprint density at radius 2 is 1.47 bits per heavy atom. The van der Waals surface area contributed by atoms with E-state index < -0.39 is 10.8 Å². The topological polar surface area (TPSA) is 52.6 Å². The van der Waals surface area contributed by atoms with E-state index >= 15 is 0 Å². The summed E-state index contributed by atoms with van der Waals surface area (Å²) in [5.41, 5.74) is -0.860. The fraction of sp³-hybridized carbons (Fsp3) is 0.846. The molecule has 0 aliphatic heterocycles. The van der Waals surface area contributed by atoms with Gasteiger partial charge in [-0.1, -0.05) is 11.6 Å². The Bertz CT molecular complexity index is 298. The number of halogens is 1. The lowest BCUT2D eigenvalue weighted by molar-refractivity contribution is -0.152. The molecule has 0 bridgehead atoms. The smallest absolute Gasteiger partial charge is 0.312 e. The fourth-order valence-corrected chi connectivity index (χ4v) is 0.799. The standard InChI is InChI=1S/C7H14O2S.C6H11ClO2/c1-7(2,3)6(8)9-4-5-10;1-6(2,3)5(8)9-4-7/h10H,4-5H2,1-3H3;4H2,1-3H3/i/hT. The Morgan fingerprint density at radius 1 is 1.05 bits per heavy atom. The van der Waals surface area contributed by atoms with E-state index in [1.54, 1.807) is 20.8 Å². The molecule has 0 saturated carbocycles. The first-order valence-electron chi connectivity index (χ1n) is 6.36. The summed E-state index contributed by atoms with van der Waals surface area (Å²) in [4.78, 5) is 21.8. The quantitative estimate of drug-likeness (QED) is 0.374. The SMILES string of the molecule is CC(C)(C)C(=O)OCCl.[3H]SCCOC(=O)C(C)(C)C. The van der Waals surface area contributed by atoms with Crippen molar-refractivity contribution in [3.8, 4) is 0 Å². The molecule has 0 aliphatic carbocycles. The molecule has 4 nitrogen and oxygen atoms in total. The van der Waals surface area contributed by atoms with Gasteiger partial charge in [-0.3, -0.25) is 9.59 Å². The average molecular weight is 315 g/mol. The lowest BCUT2D eigenvalue weighted by atomic mass is 9.97. The summed E-state index contributed by atoms with van der Waals surface area (Å²) in [6, 6.07) is -0.0594. The van der Waals surface area contributed by atoms with E-state index in [0.717, 1.165) is 12.5 Å². The number of rotatable bonds is 4. The first-order chi connectivity index (χ1) is 8.96. The zero-order valence-electron chi connectivity index (χ0n) is 13.5. The van der Waals surface area contributed by atoms with Gasteiger partial charge < -0.3 is 9.47 Å². The molecule has 0 aromatic carbocycles. The Labute approximate surface area is 127 Å². The second-order valence-corrected chi connectivity index (χ2v) is 6.51. The number of ether oxygens (including phenoxy) is 2. The summed E-state index contributed by atoms with van der Waals surface area (Å²) in [5.74, 6) is 0.0750. The predicted molar refractivity (Wildman–Crippen MR) is 80.5 cm³/mol. The molecule has 0 aromatic rings. The summed E-state index contributed by atoms with van der Waals surface area (Å²) in [5, 5.41) is 0. The number of hydrogen-bond acceptors (Lipinski definition) is 5. The minimum absolute atomic E-state index is 0.0594. The number of thiol groups is 1. The predicted octanol–water partition coefficient (Wildman–Crippen LogP) is 3.28. The lowest BCUT2D eigenvalue weighted by Crippen LogP contribution is -2.23. The van der Waals surface area contributed by atoms with Gasteiger partial charge in [0.05, 0.1) is 10.8 Å². The summed E-state index contributed by atoms with van der Waals surface area (Å²) in [7, 11) is 0. The zero-order chi connectivity index (χ0) is 16.4. The van der Waals surface area contributed by atoms with Gasteiger partial charge in [0.25, 0.3) is 0 Å². The van der Waals surface area contributed by atoms with Gasteiger partial charge in [-0.15, -0.1) is 0 Å². The van der Waals surface area contributed by atoms with E-state index in [1.165, 1.54) is 0 Å². The third-order valence-electron chi connectivity index (χ3n) is 1.73. The third-order valence-corrected chi connectivity index (χ3v) is 2.00. The molecule has 0 N–H and O–H groups in total. The van der Waals surface area contributed by atoms with E-state index in [4.69, 9.17) is 17.5 Å². The Balaban J connectivity index is 0. The lowest BCUT2D eigenvalue weighted by Gasteiger charge is -2.15. The maximum Gasteiger partial charge on any atom is 0.312 e. The minimum Gasteiger partial charge on any atom is -0.464 e. The fourth-order valence-electron chi connectivity index (χ4n) is 0.617.